The van der Waals surface area contributed by atoms with E-state index >= 15 is 0 Å². The molecule has 4 aliphatic heterocycles. The molecule has 298 valence electrons. The van der Waals surface area contributed by atoms with Gasteiger partial charge < -0.3 is 23.8 Å². The molecule has 2 atom stereocenters. The summed E-state index contributed by atoms with van der Waals surface area (Å²) in [5.41, 5.74) is 2.81. The molecule has 0 saturated carbocycles. The van der Waals surface area contributed by atoms with E-state index in [9.17, 15) is 26.5 Å². The van der Waals surface area contributed by atoms with Crippen LogP contribution in [0.25, 0.3) is 0 Å². The first-order valence-electron chi connectivity index (χ1n) is 19.7. The fraction of sp³-hybridized carbons (Fsp3) is 0.571. The lowest BCUT2D eigenvalue weighted by molar-refractivity contribution is -0.941. The summed E-state index contributed by atoms with van der Waals surface area (Å²) in [5, 5.41) is 12.4. The molecule has 4 aliphatic rings. The van der Waals surface area contributed by atoms with Crippen LogP contribution in [0.2, 0.25) is 0 Å². The Bertz CT molecular complexity index is 1870. The second-order valence-corrected chi connectivity index (χ2v) is 19.3. The number of unbranched alkanes of at least 4 members (excludes halogenated alkanes) is 2. The van der Waals surface area contributed by atoms with E-state index in [2.05, 4.69) is 18.7 Å². The SMILES string of the molecule is CCCCC1(CCCC)CS(=O)(=O)c2ccc(N(C)C)cc2C(c2ccc(OCCC[N+]34CCN(CC3)CC4)cc2)C1O.Cc1ccc(S(=O)(=O)[O-])cc1. The average Bonchev–Trinajstić information content (AvgIpc) is 3.22. The summed E-state index contributed by atoms with van der Waals surface area (Å²) in [4.78, 5) is 4.76. The molecule has 54 heavy (non-hydrogen) atoms. The third-order valence-corrected chi connectivity index (χ3v) is 14.8. The van der Waals surface area contributed by atoms with Gasteiger partial charge in [-0.1, -0.05) is 69.4 Å². The quantitative estimate of drug-likeness (QED) is 0.115. The Morgan fingerprint density at radius 2 is 1.50 bits per heavy atom. The standard InChI is InChI=1S/C35H54N3O4S.C7H8O3S/c1-5-7-16-35(17-8-6-2)27-43(40,41)32-15-12-29(36(3)4)26-31(32)33(34(35)39)28-10-13-30(14-11-28)42-25-9-21-38-22-18-37(19-23-38)20-24-38;1-6-2-4-7(5-3-6)11(8,9)10/h10-15,26,33-34,39H,5-9,16-25,27H2,1-4H3;2-5H,1H3,(H,8,9,10)/q+1;/p-1. The van der Waals surface area contributed by atoms with Crippen LogP contribution in [0, 0.1) is 12.3 Å². The van der Waals surface area contributed by atoms with Gasteiger partial charge in [0.1, 0.15) is 15.9 Å². The maximum absolute atomic E-state index is 14.1. The van der Waals surface area contributed by atoms with Gasteiger partial charge >= 0.3 is 0 Å². The van der Waals surface area contributed by atoms with Crippen LogP contribution in [0.4, 0.5) is 5.69 Å². The first-order chi connectivity index (χ1) is 25.6. The molecule has 0 radical (unpaired) electrons. The number of anilines is 1. The van der Waals surface area contributed by atoms with E-state index in [4.69, 9.17) is 4.74 Å². The molecule has 4 heterocycles. The monoisotopic (exact) mass is 783 g/mol. The van der Waals surface area contributed by atoms with Crippen molar-refractivity contribution in [3.8, 4) is 5.75 Å². The smallest absolute Gasteiger partial charge is 0.179 e. The second-order valence-electron chi connectivity index (χ2n) is 16.0. The van der Waals surface area contributed by atoms with Crippen molar-refractivity contribution >= 4 is 25.6 Å². The Morgan fingerprint density at radius 3 is 2.04 bits per heavy atom. The van der Waals surface area contributed by atoms with Crippen LogP contribution < -0.4 is 9.64 Å². The number of aliphatic hydroxyl groups excluding tert-OH is 1. The zero-order chi connectivity index (χ0) is 39.1. The number of sulfone groups is 1. The Hall–Kier alpha value is -3.00. The van der Waals surface area contributed by atoms with Gasteiger partial charge in [-0.25, -0.2) is 16.8 Å². The molecule has 0 amide bonds. The number of hydrogen-bond donors (Lipinski definition) is 1. The Labute approximate surface area is 324 Å². The molecular formula is C42H61N3O7S2. The number of ether oxygens (including phenoxy) is 1. The minimum Gasteiger partial charge on any atom is -0.744 e. The number of hydrogen-bond acceptors (Lipinski definition) is 9. The van der Waals surface area contributed by atoms with Crippen LogP contribution in [-0.2, 0) is 20.0 Å². The van der Waals surface area contributed by atoms with Gasteiger partial charge in [0.15, 0.2) is 9.84 Å². The van der Waals surface area contributed by atoms with Gasteiger partial charge in [0.2, 0.25) is 0 Å². The number of quaternary nitrogens is 1. The Kier molecular flexibility index (Phi) is 13.9. The molecule has 10 nitrogen and oxygen atoms in total. The molecule has 3 aromatic rings. The highest BCUT2D eigenvalue weighted by Gasteiger charge is 2.49. The summed E-state index contributed by atoms with van der Waals surface area (Å²) < 4.78 is 66.7. The first-order valence-corrected chi connectivity index (χ1v) is 22.7. The molecular weight excluding hydrogens is 723 g/mol. The molecule has 3 fully saturated rings. The van der Waals surface area contributed by atoms with Crippen LogP contribution in [-0.4, -0.2) is 114 Å². The van der Waals surface area contributed by atoms with Crippen molar-refractivity contribution in [2.24, 2.45) is 5.41 Å². The van der Waals surface area contributed by atoms with Crippen LogP contribution in [0.5, 0.6) is 5.75 Å². The van der Waals surface area contributed by atoms with Gasteiger partial charge in [0.25, 0.3) is 0 Å². The largest absolute Gasteiger partial charge is 0.744 e. The number of benzene rings is 3. The van der Waals surface area contributed by atoms with Crippen LogP contribution in [0.15, 0.2) is 76.5 Å². The summed E-state index contributed by atoms with van der Waals surface area (Å²) >= 11 is 0. The zero-order valence-corrected chi connectivity index (χ0v) is 34.5. The first kappa shape index (κ1) is 42.1. The van der Waals surface area contributed by atoms with Crippen molar-refractivity contribution in [3.63, 3.8) is 0 Å². The maximum Gasteiger partial charge on any atom is 0.179 e. The topological polar surface area (TPSA) is 127 Å². The molecule has 0 aliphatic carbocycles. The summed E-state index contributed by atoms with van der Waals surface area (Å²) in [7, 11) is -3.95. The molecule has 3 saturated heterocycles. The highest BCUT2D eigenvalue weighted by Crippen LogP contribution is 2.50. The molecule has 3 aromatic carbocycles. The Balaban J connectivity index is 0.000000438. The lowest BCUT2D eigenvalue weighted by atomic mass is 9.68. The van der Waals surface area contributed by atoms with E-state index < -0.39 is 37.4 Å². The van der Waals surface area contributed by atoms with Crippen LogP contribution >= 0.6 is 0 Å². The fourth-order valence-electron chi connectivity index (χ4n) is 8.52. The average molecular weight is 784 g/mol. The second kappa shape index (κ2) is 17.9. The van der Waals surface area contributed by atoms with Gasteiger partial charge in [0, 0.05) is 57.2 Å². The minimum atomic E-state index is -4.27. The van der Waals surface area contributed by atoms with Crippen molar-refractivity contribution in [1.29, 1.82) is 0 Å². The predicted octanol–water partition coefficient (Wildman–Crippen LogP) is 6.21. The highest BCUT2D eigenvalue weighted by molar-refractivity contribution is 7.91. The van der Waals surface area contributed by atoms with Crippen molar-refractivity contribution in [2.45, 2.75) is 87.5 Å². The lowest BCUT2D eigenvalue weighted by Gasteiger charge is -2.50. The summed E-state index contributed by atoms with van der Waals surface area (Å²) in [5.74, 6) is 0.377. The number of fused-ring (bicyclic) bond motifs is 4. The van der Waals surface area contributed by atoms with Crippen LogP contribution in [0.1, 0.15) is 81.4 Å². The summed E-state index contributed by atoms with van der Waals surface area (Å²) in [6.07, 6.45) is 5.35. The van der Waals surface area contributed by atoms with Crippen molar-refractivity contribution < 1.29 is 35.7 Å². The number of aliphatic hydroxyl groups is 1. The number of aryl methyl sites for hydroxylation is 1. The molecule has 0 aromatic heterocycles. The molecule has 2 bridgehead atoms. The third kappa shape index (κ3) is 10.0. The summed E-state index contributed by atoms with van der Waals surface area (Å²) in [6.45, 7) is 15.5. The van der Waals surface area contributed by atoms with E-state index in [1.54, 1.807) is 18.2 Å². The van der Waals surface area contributed by atoms with Gasteiger partial charge in [-0.3, -0.25) is 4.90 Å². The molecule has 2 unspecified atom stereocenters. The molecule has 1 N–H and O–H groups in total. The van der Waals surface area contributed by atoms with Gasteiger partial charge in [-0.2, -0.15) is 0 Å². The van der Waals surface area contributed by atoms with Gasteiger partial charge in [-0.05, 0) is 73.4 Å². The molecule has 7 rings (SSSR count). The van der Waals surface area contributed by atoms with Crippen LogP contribution in [0.3, 0.4) is 0 Å². The summed E-state index contributed by atoms with van der Waals surface area (Å²) in [6, 6.07) is 19.5. The fourth-order valence-corrected chi connectivity index (χ4v) is 11.2. The minimum absolute atomic E-state index is 0.00873. The van der Waals surface area contributed by atoms with Crippen molar-refractivity contribution in [3.05, 3.63) is 83.4 Å². The predicted molar refractivity (Wildman–Crippen MR) is 214 cm³/mol. The Morgan fingerprint density at radius 1 is 0.907 bits per heavy atom. The highest BCUT2D eigenvalue weighted by atomic mass is 32.2. The van der Waals surface area contributed by atoms with Crippen molar-refractivity contribution in [1.82, 2.24) is 4.90 Å². The zero-order valence-electron chi connectivity index (χ0n) is 32.9. The van der Waals surface area contributed by atoms with E-state index in [0.717, 1.165) is 54.7 Å². The maximum atomic E-state index is 14.1. The molecule has 12 heteroatoms. The van der Waals surface area contributed by atoms with Gasteiger partial charge in [0.05, 0.1) is 54.4 Å². The number of piperazine rings is 3. The number of rotatable bonds is 14. The molecule has 0 spiro atoms. The normalized spacial score (nSPS) is 24.1. The third-order valence-electron chi connectivity index (χ3n) is 11.9. The van der Waals surface area contributed by atoms with Gasteiger partial charge in [-0.15, -0.1) is 0 Å². The van der Waals surface area contributed by atoms with E-state index in [1.165, 1.54) is 62.4 Å². The van der Waals surface area contributed by atoms with E-state index in [1.807, 2.05) is 62.3 Å². The van der Waals surface area contributed by atoms with E-state index in [-0.39, 0.29) is 10.6 Å². The lowest BCUT2D eigenvalue weighted by Crippen LogP contribution is -2.67. The number of nitrogens with zero attached hydrogens (tertiary/aromatic N) is 3. The van der Waals surface area contributed by atoms with Crippen molar-refractivity contribution in [2.75, 3.05) is 77.2 Å². The van der Waals surface area contributed by atoms with E-state index in [0.29, 0.717) is 29.9 Å².